The number of pyridine rings is 2. The maximum atomic E-state index is 6.42. The van der Waals surface area contributed by atoms with Crippen LogP contribution in [0.5, 0.6) is 0 Å². The van der Waals surface area contributed by atoms with E-state index in [0.717, 1.165) is 50.9 Å². The molecule has 0 N–H and O–H groups in total. The smallest absolute Gasteiger partial charge is 0.138 e. The van der Waals surface area contributed by atoms with Crippen molar-refractivity contribution >= 4 is 43.4 Å². The van der Waals surface area contributed by atoms with Crippen molar-refractivity contribution in [1.29, 1.82) is 0 Å². The molecule has 0 saturated heterocycles. The van der Waals surface area contributed by atoms with Crippen LogP contribution in [0, 0.1) is 45.2 Å². The number of aryl methyl sites for hydroxylation is 4. The average molecular weight is 773 g/mol. The van der Waals surface area contributed by atoms with Gasteiger partial charge in [-0.25, -0.2) is 0 Å². The predicted octanol–water partition coefficient (Wildman–Crippen LogP) is 11.0. The van der Waals surface area contributed by atoms with Crippen LogP contribution < -0.4 is 0 Å². The monoisotopic (exact) mass is 773 g/mol. The Kier molecular flexibility index (Phi) is 9.22. The van der Waals surface area contributed by atoms with Crippen LogP contribution in [-0.2, 0) is 26.5 Å². The zero-order valence-corrected chi connectivity index (χ0v) is 29.5. The van der Waals surface area contributed by atoms with Crippen LogP contribution in [0.15, 0.2) is 82.9 Å². The molecule has 4 aromatic heterocycles. The molecule has 1 radical (unpaired) electrons. The summed E-state index contributed by atoms with van der Waals surface area (Å²) in [5.41, 5.74) is 12.3. The topological polar surface area (TPSA) is 38.9 Å². The first kappa shape index (κ1) is 31.8. The van der Waals surface area contributed by atoms with Crippen molar-refractivity contribution in [3.63, 3.8) is 0 Å². The van der Waals surface area contributed by atoms with Gasteiger partial charge < -0.3 is 14.4 Å². The molecule has 0 saturated carbocycles. The molecule has 44 heavy (non-hydrogen) atoms. The van der Waals surface area contributed by atoms with Crippen molar-refractivity contribution in [2.45, 2.75) is 54.9 Å². The quantitative estimate of drug-likeness (QED) is 0.168. The van der Waals surface area contributed by atoms with Crippen molar-refractivity contribution in [3.8, 4) is 22.5 Å². The molecule has 0 spiro atoms. The fraction of sp³-hybridized carbons (Fsp3) is 0.231. The van der Waals surface area contributed by atoms with Crippen molar-refractivity contribution in [1.82, 2.24) is 9.97 Å². The van der Waals surface area contributed by atoms with Crippen molar-refractivity contribution in [2.75, 3.05) is 0 Å². The number of hydrogen-bond acceptors (Lipinski definition) is 4. The van der Waals surface area contributed by atoms with Crippen molar-refractivity contribution < 1.29 is 24.5 Å². The Morgan fingerprint density at radius 2 is 1.52 bits per heavy atom. The molecular weight excluding hydrogens is 737 g/mol. The molecular formula is C39H36IrN2OS-2. The number of furan rings is 1. The first-order valence-electron chi connectivity index (χ1n) is 14.7. The van der Waals surface area contributed by atoms with Crippen LogP contribution >= 0.6 is 11.3 Å². The standard InChI is InChI=1S/C25H22NOS.C14H14N.Ir/c1-15-14-26-21(12-17(15)13-25(2,3)4)20-7-5-6-18-19-9-8-16-10-11-28-24(16)23(19)27-22(18)20;1-10-4-6-13(7-5-10)14-8-11(2)12(3)9-15-14;/h5-6,8-12,14H,13H2,1-4H3;4-6,8-9H,1-3H3;/q2*-1;. The van der Waals surface area contributed by atoms with Crippen molar-refractivity contribution in [2.24, 2.45) is 5.41 Å². The summed E-state index contributed by atoms with van der Waals surface area (Å²) in [6.07, 6.45) is 4.90. The van der Waals surface area contributed by atoms with Gasteiger partial charge in [-0.15, -0.1) is 64.9 Å². The number of aromatic nitrogens is 2. The second kappa shape index (κ2) is 12.8. The third-order valence-corrected chi connectivity index (χ3v) is 8.76. The van der Waals surface area contributed by atoms with Gasteiger partial charge in [0.25, 0.3) is 0 Å². The Bertz CT molecular complexity index is 2080. The first-order chi connectivity index (χ1) is 20.6. The van der Waals surface area contributed by atoms with E-state index in [0.29, 0.717) is 0 Å². The Labute approximate surface area is 277 Å². The minimum Gasteiger partial charge on any atom is -0.499 e. The molecule has 7 rings (SSSR count). The fourth-order valence-electron chi connectivity index (χ4n) is 5.31. The maximum Gasteiger partial charge on any atom is 0.138 e. The van der Waals surface area contributed by atoms with Gasteiger partial charge in [0.1, 0.15) is 5.58 Å². The fourth-order valence-corrected chi connectivity index (χ4v) is 6.19. The third-order valence-electron chi connectivity index (χ3n) is 7.83. The van der Waals surface area contributed by atoms with E-state index >= 15 is 0 Å². The van der Waals surface area contributed by atoms with E-state index in [9.17, 15) is 0 Å². The van der Waals surface area contributed by atoms with Crippen LogP contribution in [0.1, 0.15) is 48.6 Å². The van der Waals surface area contributed by atoms with Crippen molar-refractivity contribution in [3.05, 3.63) is 118 Å². The predicted molar refractivity (Wildman–Crippen MR) is 182 cm³/mol. The number of hydrogen-bond donors (Lipinski definition) is 0. The van der Waals surface area contributed by atoms with Crippen LogP contribution in [0.2, 0.25) is 0 Å². The minimum atomic E-state index is 0. The molecule has 5 heteroatoms. The van der Waals surface area contributed by atoms with E-state index < -0.39 is 0 Å². The van der Waals surface area contributed by atoms with Gasteiger partial charge >= 0.3 is 0 Å². The van der Waals surface area contributed by atoms with Gasteiger partial charge in [-0.05, 0) is 72.0 Å². The molecule has 0 aliphatic rings. The summed E-state index contributed by atoms with van der Waals surface area (Å²) in [5, 5.41) is 5.62. The van der Waals surface area contributed by atoms with Crippen LogP contribution in [0.3, 0.4) is 0 Å². The van der Waals surface area contributed by atoms with E-state index in [1.165, 1.54) is 37.9 Å². The summed E-state index contributed by atoms with van der Waals surface area (Å²) < 4.78 is 7.62. The van der Waals surface area contributed by atoms with Gasteiger partial charge in [-0.1, -0.05) is 74.0 Å². The molecule has 225 valence electrons. The SMILES string of the molecule is Cc1c[c-]c(-c2cc(C)c(C)cn2)cc1.Cc1cnc(-c2[c-]ccc3c2oc2c3ccc3ccsc32)cc1CC(C)(C)C.[Ir]. The van der Waals surface area contributed by atoms with Gasteiger partial charge in [0.2, 0.25) is 0 Å². The maximum absolute atomic E-state index is 6.42. The van der Waals surface area contributed by atoms with Crippen LogP contribution in [0.25, 0.3) is 54.5 Å². The minimum absolute atomic E-state index is 0. The molecule has 0 bridgehead atoms. The first-order valence-corrected chi connectivity index (χ1v) is 15.6. The summed E-state index contributed by atoms with van der Waals surface area (Å²) in [6, 6.07) is 27.6. The molecule has 3 nitrogen and oxygen atoms in total. The summed E-state index contributed by atoms with van der Waals surface area (Å²) in [4.78, 5) is 9.13. The van der Waals surface area contributed by atoms with Crippen LogP contribution in [-0.4, -0.2) is 9.97 Å². The molecule has 7 aromatic rings. The van der Waals surface area contributed by atoms with Gasteiger partial charge in [-0.2, -0.15) is 0 Å². The Morgan fingerprint density at radius 1 is 0.773 bits per heavy atom. The Hall–Kier alpha value is -3.63. The van der Waals surface area contributed by atoms with Gasteiger partial charge in [0.15, 0.2) is 0 Å². The molecule has 0 atom stereocenters. The number of nitrogens with zero attached hydrogens (tertiary/aromatic N) is 2. The number of benzene rings is 3. The summed E-state index contributed by atoms with van der Waals surface area (Å²) >= 11 is 1.72. The summed E-state index contributed by atoms with van der Waals surface area (Å²) in [7, 11) is 0. The van der Waals surface area contributed by atoms with E-state index in [2.05, 4.69) is 119 Å². The number of thiophene rings is 1. The van der Waals surface area contributed by atoms with E-state index in [1.807, 2.05) is 24.5 Å². The summed E-state index contributed by atoms with van der Waals surface area (Å²) in [5.74, 6) is 0. The molecule has 0 amide bonds. The zero-order valence-electron chi connectivity index (χ0n) is 26.3. The van der Waals surface area contributed by atoms with Gasteiger partial charge in [-0.3, -0.25) is 0 Å². The van der Waals surface area contributed by atoms with E-state index in [4.69, 9.17) is 9.40 Å². The van der Waals surface area contributed by atoms with Crippen LogP contribution in [0.4, 0.5) is 0 Å². The number of rotatable bonds is 3. The number of fused-ring (bicyclic) bond motifs is 5. The molecule has 4 heterocycles. The summed E-state index contributed by atoms with van der Waals surface area (Å²) in [6.45, 7) is 15.2. The second-order valence-electron chi connectivity index (χ2n) is 12.6. The third kappa shape index (κ3) is 6.56. The molecule has 0 fully saturated rings. The zero-order chi connectivity index (χ0) is 30.3. The molecule has 0 aliphatic heterocycles. The largest absolute Gasteiger partial charge is 0.499 e. The average Bonchev–Trinajstić information content (AvgIpc) is 3.60. The van der Waals surface area contributed by atoms with E-state index in [1.54, 1.807) is 11.3 Å². The Balaban J connectivity index is 0.000000204. The molecule has 0 unspecified atom stereocenters. The second-order valence-corrected chi connectivity index (χ2v) is 13.6. The van der Waals surface area contributed by atoms with Gasteiger partial charge in [0.05, 0.1) is 10.3 Å². The van der Waals surface area contributed by atoms with E-state index in [-0.39, 0.29) is 25.5 Å². The normalized spacial score (nSPS) is 11.4. The Morgan fingerprint density at radius 3 is 2.25 bits per heavy atom. The van der Waals surface area contributed by atoms with Gasteiger partial charge in [0, 0.05) is 37.9 Å². The molecule has 0 aliphatic carbocycles. The molecule has 3 aromatic carbocycles.